The molecule has 2 atom stereocenters. The van der Waals surface area contributed by atoms with Crippen LogP contribution in [-0.4, -0.2) is 35.7 Å². The first-order chi connectivity index (χ1) is 10.9. The minimum absolute atomic E-state index is 0.0961. The summed E-state index contributed by atoms with van der Waals surface area (Å²) in [4.78, 5) is 34.3. The third kappa shape index (κ3) is 6.82. The molecular weight excluding hydrogens is 300 g/mol. The van der Waals surface area contributed by atoms with Crippen LogP contribution in [-0.2, 0) is 20.9 Å². The molecule has 1 unspecified atom stereocenters. The number of alkyl carbamates (subject to hydrolysis) is 1. The number of nitrogens with one attached hydrogen (secondary N) is 2. The minimum Gasteiger partial charge on any atom is -0.480 e. The number of aliphatic carboxylic acids is 1. The predicted molar refractivity (Wildman–Crippen MR) is 83.7 cm³/mol. The standard InChI is InChI=1S/C16H22N2O5/c1-3-11(2)14(15(20)21)18-13(19)9-17-16(22)23-10-12-7-5-4-6-8-12/h4-8,11,14H,3,9-10H2,1-2H3,(H,17,22)(H,18,19)(H,20,21)/t11?,14-/m0/s1. The number of carbonyl (C=O) groups is 3. The molecule has 1 aromatic carbocycles. The van der Waals surface area contributed by atoms with Crippen molar-refractivity contribution in [1.82, 2.24) is 10.6 Å². The molecule has 1 rings (SSSR count). The molecule has 7 nitrogen and oxygen atoms in total. The highest BCUT2D eigenvalue weighted by Gasteiger charge is 2.25. The molecule has 3 N–H and O–H groups in total. The zero-order valence-electron chi connectivity index (χ0n) is 13.2. The summed E-state index contributed by atoms with van der Waals surface area (Å²) in [6, 6.07) is 8.14. The molecule has 2 amide bonds. The molecule has 0 spiro atoms. The number of carbonyl (C=O) groups excluding carboxylic acids is 2. The summed E-state index contributed by atoms with van der Waals surface area (Å²) in [6.45, 7) is 3.33. The van der Waals surface area contributed by atoms with Crippen molar-refractivity contribution in [3.63, 3.8) is 0 Å². The molecule has 0 aliphatic heterocycles. The molecule has 0 saturated heterocycles. The van der Waals surface area contributed by atoms with Gasteiger partial charge in [0.1, 0.15) is 19.2 Å². The molecule has 1 aromatic rings. The fraction of sp³-hybridized carbons (Fsp3) is 0.438. The van der Waals surface area contributed by atoms with E-state index in [0.717, 1.165) is 5.56 Å². The van der Waals surface area contributed by atoms with Crippen molar-refractivity contribution < 1.29 is 24.2 Å². The van der Waals surface area contributed by atoms with Gasteiger partial charge in [-0.2, -0.15) is 0 Å². The lowest BCUT2D eigenvalue weighted by atomic mass is 9.99. The van der Waals surface area contributed by atoms with Crippen LogP contribution in [0.3, 0.4) is 0 Å². The minimum atomic E-state index is -1.10. The van der Waals surface area contributed by atoms with Crippen molar-refractivity contribution in [3.05, 3.63) is 35.9 Å². The summed E-state index contributed by atoms with van der Waals surface area (Å²) in [5.41, 5.74) is 0.829. The fourth-order valence-corrected chi connectivity index (χ4v) is 1.83. The van der Waals surface area contributed by atoms with Gasteiger partial charge in [0.15, 0.2) is 0 Å². The van der Waals surface area contributed by atoms with Gasteiger partial charge in [-0.3, -0.25) is 4.79 Å². The Morgan fingerprint density at radius 2 is 1.87 bits per heavy atom. The van der Waals surface area contributed by atoms with Crippen LogP contribution < -0.4 is 10.6 Å². The highest BCUT2D eigenvalue weighted by atomic mass is 16.5. The summed E-state index contributed by atoms with van der Waals surface area (Å²) in [7, 11) is 0. The van der Waals surface area contributed by atoms with Crippen LogP contribution in [0.4, 0.5) is 4.79 Å². The second-order valence-corrected chi connectivity index (χ2v) is 5.18. The summed E-state index contributed by atoms with van der Waals surface area (Å²) in [6.07, 6.45) is -0.122. The highest BCUT2D eigenvalue weighted by molar-refractivity contribution is 5.86. The number of carboxylic acid groups (broad SMARTS) is 1. The number of benzene rings is 1. The molecule has 23 heavy (non-hydrogen) atoms. The lowest BCUT2D eigenvalue weighted by molar-refractivity contribution is -0.143. The van der Waals surface area contributed by atoms with E-state index in [2.05, 4.69) is 10.6 Å². The Morgan fingerprint density at radius 1 is 1.22 bits per heavy atom. The Bertz CT molecular complexity index is 533. The van der Waals surface area contributed by atoms with Crippen LogP contribution in [0, 0.1) is 5.92 Å². The van der Waals surface area contributed by atoms with Crippen LogP contribution in [0.2, 0.25) is 0 Å². The highest BCUT2D eigenvalue weighted by Crippen LogP contribution is 2.07. The maximum absolute atomic E-state index is 11.7. The number of hydrogen-bond acceptors (Lipinski definition) is 4. The quantitative estimate of drug-likeness (QED) is 0.673. The fourth-order valence-electron chi connectivity index (χ4n) is 1.83. The van der Waals surface area contributed by atoms with Crippen molar-refractivity contribution >= 4 is 18.0 Å². The largest absolute Gasteiger partial charge is 0.480 e. The van der Waals surface area contributed by atoms with Crippen molar-refractivity contribution in [2.45, 2.75) is 32.9 Å². The zero-order chi connectivity index (χ0) is 17.2. The maximum Gasteiger partial charge on any atom is 0.407 e. The lowest BCUT2D eigenvalue weighted by Gasteiger charge is -2.20. The van der Waals surface area contributed by atoms with Crippen molar-refractivity contribution in [2.75, 3.05) is 6.54 Å². The molecular formula is C16H22N2O5. The van der Waals surface area contributed by atoms with E-state index in [1.54, 1.807) is 6.92 Å². The van der Waals surface area contributed by atoms with Crippen LogP contribution in [0.25, 0.3) is 0 Å². The Morgan fingerprint density at radius 3 is 2.43 bits per heavy atom. The Hall–Kier alpha value is -2.57. The lowest BCUT2D eigenvalue weighted by Crippen LogP contribution is -2.48. The van der Waals surface area contributed by atoms with E-state index in [1.165, 1.54) is 0 Å². The van der Waals surface area contributed by atoms with E-state index in [-0.39, 0.29) is 19.1 Å². The van der Waals surface area contributed by atoms with Crippen LogP contribution in [0.1, 0.15) is 25.8 Å². The Balaban J connectivity index is 2.34. The summed E-state index contributed by atoms with van der Waals surface area (Å²) in [5, 5.41) is 13.8. The second kappa shape index (κ2) is 9.45. The molecule has 126 valence electrons. The van der Waals surface area contributed by atoms with Gasteiger partial charge in [-0.05, 0) is 11.5 Å². The summed E-state index contributed by atoms with van der Waals surface area (Å²) < 4.78 is 4.95. The van der Waals surface area contributed by atoms with Gasteiger partial charge in [-0.25, -0.2) is 9.59 Å². The number of carboxylic acids is 1. The first-order valence-corrected chi connectivity index (χ1v) is 7.40. The Kier molecular flexibility index (Phi) is 7.59. The van der Waals surface area contributed by atoms with Crippen LogP contribution in [0.5, 0.6) is 0 Å². The van der Waals surface area contributed by atoms with Crippen molar-refractivity contribution in [1.29, 1.82) is 0 Å². The molecule has 7 heteroatoms. The molecule has 0 saturated carbocycles. The van der Waals surface area contributed by atoms with Crippen molar-refractivity contribution in [3.8, 4) is 0 Å². The normalized spacial score (nSPS) is 12.8. The van der Waals surface area contributed by atoms with Gasteiger partial charge in [0, 0.05) is 0 Å². The molecule has 0 aromatic heterocycles. The Labute approximate surface area is 135 Å². The molecule has 0 fully saturated rings. The molecule has 0 heterocycles. The predicted octanol–water partition coefficient (Wildman–Crippen LogP) is 1.53. The topological polar surface area (TPSA) is 105 Å². The van der Waals surface area contributed by atoms with Gasteiger partial charge < -0.3 is 20.5 Å². The third-order valence-corrected chi connectivity index (χ3v) is 3.40. The first kappa shape index (κ1) is 18.5. The zero-order valence-corrected chi connectivity index (χ0v) is 13.2. The molecule has 0 bridgehead atoms. The monoisotopic (exact) mass is 322 g/mol. The number of amides is 2. The van der Waals surface area contributed by atoms with Gasteiger partial charge in [-0.1, -0.05) is 50.6 Å². The first-order valence-electron chi connectivity index (χ1n) is 7.40. The van der Waals surface area contributed by atoms with E-state index in [1.807, 2.05) is 37.3 Å². The smallest absolute Gasteiger partial charge is 0.407 e. The van der Waals surface area contributed by atoms with Gasteiger partial charge >= 0.3 is 12.1 Å². The number of rotatable bonds is 8. The summed E-state index contributed by atoms with van der Waals surface area (Å²) in [5.74, 6) is -1.88. The SMILES string of the molecule is CCC(C)[C@H](NC(=O)CNC(=O)OCc1ccccc1)C(=O)O. The third-order valence-electron chi connectivity index (χ3n) is 3.40. The molecule has 0 aliphatic carbocycles. The molecule has 0 aliphatic rings. The van der Waals surface area contributed by atoms with E-state index in [0.29, 0.717) is 6.42 Å². The van der Waals surface area contributed by atoms with E-state index >= 15 is 0 Å². The molecule has 0 radical (unpaired) electrons. The van der Waals surface area contributed by atoms with E-state index in [9.17, 15) is 14.4 Å². The average Bonchev–Trinajstić information content (AvgIpc) is 2.55. The summed E-state index contributed by atoms with van der Waals surface area (Å²) >= 11 is 0. The van der Waals surface area contributed by atoms with Gasteiger partial charge in [-0.15, -0.1) is 0 Å². The number of ether oxygens (including phenoxy) is 1. The van der Waals surface area contributed by atoms with Crippen molar-refractivity contribution in [2.24, 2.45) is 5.92 Å². The van der Waals surface area contributed by atoms with Crippen LogP contribution in [0.15, 0.2) is 30.3 Å². The van der Waals surface area contributed by atoms with E-state index in [4.69, 9.17) is 9.84 Å². The number of hydrogen-bond donors (Lipinski definition) is 3. The average molecular weight is 322 g/mol. The van der Waals surface area contributed by atoms with Gasteiger partial charge in [0.2, 0.25) is 5.91 Å². The van der Waals surface area contributed by atoms with Gasteiger partial charge in [0.25, 0.3) is 0 Å². The van der Waals surface area contributed by atoms with Gasteiger partial charge in [0.05, 0.1) is 0 Å². The van der Waals surface area contributed by atoms with Crippen LogP contribution >= 0.6 is 0 Å². The maximum atomic E-state index is 11.7. The van der Waals surface area contributed by atoms with E-state index < -0.39 is 24.0 Å². The second-order valence-electron chi connectivity index (χ2n) is 5.18.